The van der Waals surface area contributed by atoms with E-state index in [0.29, 0.717) is 0 Å². The number of benzene rings is 1. The minimum absolute atomic E-state index is 0.253. The molecule has 1 unspecified atom stereocenters. The summed E-state index contributed by atoms with van der Waals surface area (Å²) in [4.78, 5) is 8.78. The molecule has 2 aromatic heterocycles. The highest BCUT2D eigenvalue weighted by atomic mass is 32.1. The number of pyridine rings is 1. The summed E-state index contributed by atoms with van der Waals surface area (Å²) in [5.41, 5.74) is 2.48. The third-order valence-electron chi connectivity index (χ3n) is 4.76. The summed E-state index contributed by atoms with van der Waals surface area (Å²) in [7, 11) is 0. The molecule has 4 rings (SSSR count). The van der Waals surface area contributed by atoms with E-state index in [0.717, 1.165) is 26.2 Å². The van der Waals surface area contributed by atoms with Gasteiger partial charge in [-0.15, -0.1) is 11.3 Å². The van der Waals surface area contributed by atoms with Crippen molar-refractivity contribution in [3.8, 4) is 0 Å². The summed E-state index contributed by atoms with van der Waals surface area (Å²) in [5, 5.41) is 4.85. The van der Waals surface area contributed by atoms with Gasteiger partial charge in [-0.2, -0.15) is 0 Å². The normalized spacial score (nSPS) is 17.7. The number of aryl methyl sites for hydroxylation is 1. The van der Waals surface area contributed by atoms with E-state index in [1.165, 1.54) is 32.6 Å². The molecular formula is C20H23N3S. The first-order valence-electron chi connectivity index (χ1n) is 8.68. The first-order chi connectivity index (χ1) is 11.8. The van der Waals surface area contributed by atoms with Crippen molar-refractivity contribution < 1.29 is 0 Å². The first-order valence-corrected chi connectivity index (χ1v) is 9.49. The van der Waals surface area contributed by atoms with Crippen molar-refractivity contribution in [2.45, 2.75) is 19.4 Å². The van der Waals surface area contributed by atoms with Gasteiger partial charge in [-0.1, -0.05) is 24.3 Å². The minimum atomic E-state index is 0.253. The number of nitrogens with one attached hydrogen (secondary N) is 1. The van der Waals surface area contributed by atoms with E-state index < -0.39 is 0 Å². The van der Waals surface area contributed by atoms with Crippen LogP contribution in [0.1, 0.15) is 28.6 Å². The maximum Gasteiger partial charge on any atom is 0.0873 e. The molecule has 1 aromatic carbocycles. The Hall–Kier alpha value is -1.75. The molecule has 0 radical (unpaired) electrons. The number of rotatable bonds is 3. The van der Waals surface area contributed by atoms with E-state index in [1.807, 2.05) is 23.6 Å². The largest absolute Gasteiger partial charge is 0.315 e. The highest BCUT2D eigenvalue weighted by Crippen LogP contribution is 2.37. The van der Waals surface area contributed by atoms with E-state index in [2.05, 4.69) is 53.5 Å². The molecule has 0 saturated carbocycles. The summed E-state index contributed by atoms with van der Waals surface area (Å²) in [6, 6.07) is 15.5. The molecule has 0 aliphatic carbocycles. The van der Waals surface area contributed by atoms with Crippen LogP contribution in [-0.4, -0.2) is 36.1 Å². The Labute approximate surface area is 147 Å². The molecule has 1 saturated heterocycles. The lowest BCUT2D eigenvalue weighted by Gasteiger charge is -2.30. The predicted octanol–water partition coefficient (Wildman–Crippen LogP) is 3.99. The van der Waals surface area contributed by atoms with Crippen molar-refractivity contribution in [3.05, 3.63) is 64.8 Å². The first kappa shape index (κ1) is 15.8. The van der Waals surface area contributed by atoms with E-state index >= 15 is 0 Å². The number of nitrogens with zero attached hydrogens (tertiary/aromatic N) is 2. The van der Waals surface area contributed by atoms with Crippen LogP contribution in [-0.2, 0) is 0 Å². The van der Waals surface area contributed by atoms with Gasteiger partial charge in [-0.25, -0.2) is 0 Å². The lowest BCUT2D eigenvalue weighted by atomic mass is 10.0. The Bertz CT molecular complexity index is 785. The van der Waals surface area contributed by atoms with Gasteiger partial charge in [0, 0.05) is 35.4 Å². The molecule has 1 fully saturated rings. The second-order valence-corrected chi connectivity index (χ2v) is 7.55. The quantitative estimate of drug-likeness (QED) is 0.783. The standard InChI is InChI=1S/C20H23N3S/c1-15-6-4-10-22-19(15)20(23-12-5-9-21-11-13-23)18-14-16-7-2-3-8-17(16)24-18/h2-4,6-8,10,14,20-21H,5,9,11-13H2,1H3. The third-order valence-corrected chi connectivity index (χ3v) is 5.93. The Balaban J connectivity index is 1.81. The summed E-state index contributed by atoms with van der Waals surface area (Å²) >= 11 is 1.91. The van der Waals surface area contributed by atoms with Crippen LogP contribution in [0, 0.1) is 6.92 Å². The Morgan fingerprint density at radius 1 is 1.12 bits per heavy atom. The van der Waals surface area contributed by atoms with Crippen LogP contribution in [0.5, 0.6) is 0 Å². The van der Waals surface area contributed by atoms with Gasteiger partial charge in [-0.05, 0) is 49.0 Å². The summed E-state index contributed by atoms with van der Waals surface area (Å²) in [6.07, 6.45) is 3.12. The molecular weight excluding hydrogens is 314 g/mol. The van der Waals surface area contributed by atoms with E-state index in [4.69, 9.17) is 4.98 Å². The molecule has 1 N–H and O–H groups in total. The Morgan fingerprint density at radius 3 is 2.92 bits per heavy atom. The van der Waals surface area contributed by atoms with Crippen LogP contribution < -0.4 is 5.32 Å². The molecule has 1 aliphatic rings. The number of fused-ring (bicyclic) bond motifs is 1. The molecule has 0 amide bonds. The molecule has 1 aliphatic heterocycles. The fourth-order valence-corrected chi connectivity index (χ4v) is 4.74. The fraction of sp³-hybridized carbons (Fsp3) is 0.350. The summed E-state index contributed by atoms with van der Waals surface area (Å²) in [6.45, 7) is 6.51. The van der Waals surface area contributed by atoms with E-state index in [9.17, 15) is 0 Å². The van der Waals surface area contributed by atoms with Gasteiger partial charge in [0.2, 0.25) is 0 Å². The highest BCUT2D eigenvalue weighted by Gasteiger charge is 2.27. The molecule has 3 heterocycles. The van der Waals surface area contributed by atoms with Crippen LogP contribution in [0.4, 0.5) is 0 Å². The van der Waals surface area contributed by atoms with Gasteiger partial charge >= 0.3 is 0 Å². The molecule has 24 heavy (non-hydrogen) atoms. The molecule has 3 aromatic rings. The fourth-order valence-electron chi connectivity index (χ4n) is 3.53. The molecule has 0 spiro atoms. The van der Waals surface area contributed by atoms with Gasteiger partial charge in [0.25, 0.3) is 0 Å². The van der Waals surface area contributed by atoms with Gasteiger partial charge in [0.05, 0.1) is 11.7 Å². The minimum Gasteiger partial charge on any atom is -0.315 e. The number of hydrogen-bond acceptors (Lipinski definition) is 4. The zero-order valence-electron chi connectivity index (χ0n) is 14.0. The van der Waals surface area contributed by atoms with Crippen molar-refractivity contribution in [1.29, 1.82) is 0 Å². The second kappa shape index (κ2) is 7.01. The van der Waals surface area contributed by atoms with Crippen molar-refractivity contribution >= 4 is 21.4 Å². The lowest BCUT2D eigenvalue weighted by Crippen LogP contribution is -2.33. The van der Waals surface area contributed by atoms with Crippen molar-refractivity contribution in [2.24, 2.45) is 0 Å². The molecule has 4 heteroatoms. The zero-order chi connectivity index (χ0) is 16.4. The molecule has 0 bridgehead atoms. The zero-order valence-corrected chi connectivity index (χ0v) is 14.9. The SMILES string of the molecule is Cc1cccnc1C(c1cc2ccccc2s1)N1CCCNCC1. The van der Waals surface area contributed by atoms with Gasteiger partial charge < -0.3 is 5.32 Å². The summed E-state index contributed by atoms with van der Waals surface area (Å²) < 4.78 is 1.36. The number of aromatic nitrogens is 1. The van der Waals surface area contributed by atoms with Crippen molar-refractivity contribution in [1.82, 2.24) is 15.2 Å². The maximum atomic E-state index is 4.78. The van der Waals surface area contributed by atoms with Crippen LogP contribution >= 0.6 is 11.3 Å². The van der Waals surface area contributed by atoms with E-state index in [1.54, 1.807) is 0 Å². The van der Waals surface area contributed by atoms with Gasteiger partial charge in [0.15, 0.2) is 0 Å². The number of thiophene rings is 1. The average molecular weight is 337 g/mol. The maximum absolute atomic E-state index is 4.78. The predicted molar refractivity (Wildman–Crippen MR) is 102 cm³/mol. The lowest BCUT2D eigenvalue weighted by molar-refractivity contribution is 0.239. The van der Waals surface area contributed by atoms with Gasteiger partial charge in [0.1, 0.15) is 0 Å². The van der Waals surface area contributed by atoms with E-state index in [-0.39, 0.29) is 6.04 Å². The summed E-state index contributed by atoms with van der Waals surface area (Å²) in [5.74, 6) is 0. The van der Waals surface area contributed by atoms with Crippen LogP contribution in [0.15, 0.2) is 48.7 Å². The van der Waals surface area contributed by atoms with Crippen LogP contribution in [0.2, 0.25) is 0 Å². The average Bonchev–Trinajstić information content (AvgIpc) is 2.84. The molecule has 1 atom stereocenters. The Kier molecular flexibility index (Phi) is 4.60. The van der Waals surface area contributed by atoms with Crippen molar-refractivity contribution in [3.63, 3.8) is 0 Å². The van der Waals surface area contributed by atoms with Crippen LogP contribution in [0.25, 0.3) is 10.1 Å². The molecule has 3 nitrogen and oxygen atoms in total. The second-order valence-electron chi connectivity index (χ2n) is 6.43. The number of hydrogen-bond donors (Lipinski definition) is 1. The monoisotopic (exact) mass is 337 g/mol. The third kappa shape index (κ3) is 3.09. The Morgan fingerprint density at radius 2 is 2.04 bits per heavy atom. The van der Waals surface area contributed by atoms with Crippen molar-refractivity contribution in [2.75, 3.05) is 26.2 Å². The highest BCUT2D eigenvalue weighted by molar-refractivity contribution is 7.19. The topological polar surface area (TPSA) is 28.2 Å². The van der Waals surface area contributed by atoms with Crippen LogP contribution in [0.3, 0.4) is 0 Å². The molecule has 124 valence electrons. The van der Waals surface area contributed by atoms with Gasteiger partial charge in [-0.3, -0.25) is 9.88 Å². The smallest absolute Gasteiger partial charge is 0.0873 e.